The number of hydrogen-bond donors (Lipinski definition) is 2. The number of piperidine rings is 1. The van der Waals surface area contributed by atoms with E-state index in [2.05, 4.69) is 39.5 Å². The zero-order valence-electron chi connectivity index (χ0n) is 15.0. The van der Waals surface area contributed by atoms with E-state index in [1.807, 2.05) is 30.5 Å². The summed E-state index contributed by atoms with van der Waals surface area (Å²) in [7, 11) is 0. The summed E-state index contributed by atoms with van der Waals surface area (Å²) in [5.41, 5.74) is 4.43. The molecule has 1 amide bonds. The number of aryl methyl sites for hydroxylation is 1. The second kappa shape index (κ2) is 7.65. The summed E-state index contributed by atoms with van der Waals surface area (Å²) in [6, 6.07) is 16.4. The van der Waals surface area contributed by atoms with Crippen molar-refractivity contribution in [1.29, 1.82) is 0 Å². The molecule has 0 radical (unpaired) electrons. The van der Waals surface area contributed by atoms with Crippen LogP contribution in [0.3, 0.4) is 0 Å². The standard InChI is InChI=1S/C22H25N3O/c26-22(13-8-17-16-23-21-7-3-2-6-20(17)21)24-18-9-11-19(12-10-18)25-14-4-1-5-15-25/h2-3,6-7,9-12,16,23H,1,4-5,8,13-15H2,(H,24,26). The van der Waals surface area contributed by atoms with Gasteiger partial charge in [-0.2, -0.15) is 0 Å². The Morgan fingerprint density at radius 2 is 1.77 bits per heavy atom. The van der Waals surface area contributed by atoms with Gasteiger partial charge >= 0.3 is 0 Å². The molecule has 1 fully saturated rings. The van der Waals surface area contributed by atoms with Gasteiger partial charge in [-0.15, -0.1) is 0 Å². The molecule has 4 rings (SSSR count). The summed E-state index contributed by atoms with van der Waals surface area (Å²) in [6.45, 7) is 2.27. The highest BCUT2D eigenvalue weighted by atomic mass is 16.1. The number of benzene rings is 2. The summed E-state index contributed by atoms with van der Waals surface area (Å²) >= 11 is 0. The van der Waals surface area contributed by atoms with Gasteiger partial charge in [0.15, 0.2) is 0 Å². The van der Waals surface area contributed by atoms with Crippen LogP contribution in [0.15, 0.2) is 54.7 Å². The Morgan fingerprint density at radius 1 is 1.00 bits per heavy atom. The minimum atomic E-state index is 0.0565. The third-order valence-electron chi connectivity index (χ3n) is 5.17. The van der Waals surface area contributed by atoms with Crippen LogP contribution in [0.1, 0.15) is 31.2 Å². The molecule has 4 nitrogen and oxygen atoms in total. The van der Waals surface area contributed by atoms with E-state index in [9.17, 15) is 4.79 Å². The maximum Gasteiger partial charge on any atom is 0.224 e. The molecule has 2 heterocycles. The number of hydrogen-bond acceptors (Lipinski definition) is 2. The van der Waals surface area contributed by atoms with Crippen molar-refractivity contribution < 1.29 is 4.79 Å². The van der Waals surface area contributed by atoms with Gasteiger partial charge in [0, 0.05) is 48.0 Å². The van der Waals surface area contributed by atoms with Crippen molar-refractivity contribution in [1.82, 2.24) is 4.98 Å². The van der Waals surface area contributed by atoms with E-state index >= 15 is 0 Å². The molecule has 0 unspecified atom stereocenters. The molecular weight excluding hydrogens is 322 g/mol. The molecule has 1 aliphatic rings. The monoisotopic (exact) mass is 347 g/mol. The Balaban J connectivity index is 1.33. The van der Waals surface area contributed by atoms with Gasteiger partial charge in [0.1, 0.15) is 0 Å². The lowest BCUT2D eigenvalue weighted by molar-refractivity contribution is -0.116. The van der Waals surface area contributed by atoms with Gasteiger partial charge < -0.3 is 15.2 Å². The number of aromatic nitrogens is 1. The van der Waals surface area contributed by atoms with E-state index in [-0.39, 0.29) is 5.91 Å². The fraction of sp³-hybridized carbons (Fsp3) is 0.318. The Bertz CT molecular complexity index is 876. The van der Waals surface area contributed by atoms with Gasteiger partial charge in [0.25, 0.3) is 0 Å². The number of amides is 1. The number of H-pyrrole nitrogens is 1. The van der Waals surface area contributed by atoms with E-state index in [1.54, 1.807) is 0 Å². The minimum Gasteiger partial charge on any atom is -0.372 e. The first-order valence-electron chi connectivity index (χ1n) is 9.49. The Labute approximate surface area is 154 Å². The largest absolute Gasteiger partial charge is 0.372 e. The average molecular weight is 347 g/mol. The van der Waals surface area contributed by atoms with Gasteiger partial charge in [-0.3, -0.25) is 4.79 Å². The summed E-state index contributed by atoms with van der Waals surface area (Å²) in [5.74, 6) is 0.0565. The summed E-state index contributed by atoms with van der Waals surface area (Å²) in [4.78, 5) is 18.0. The third kappa shape index (κ3) is 3.74. The van der Waals surface area contributed by atoms with Crippen LogP contribution in [0.4, 0.5) is 11.4 Å². The zero-order valence-corrected chi connectivity index (χ0v) is 15.0. The minimum absolute atomic E-state index is 0.0565. The molecule has 134 valence electrons. The van der Waals surface area contributed by atoms with Crippen molar-refractivity contribution in [2.75, 3.05) is 23.3 Å². The van der Waals surface area contributed by atoms with Crippen molar-refractivity contribution in [3.8, 4) is 0 Å². The average Bonchev–Trinajstić information content (AvgIpc) is 3.11. The molecule has 1 saturated heterocycles. The van der Waals surface area contributed by atoms with Crippen molar-refractivity contribution >= 4 is 28.2 Å². The molecule has 2 N–H and O–H groups in total. The molecule has 4 heteroatoms. The molecule has 0 atom stereocenters. The van der Waals surface area contributed by atoms with Gasteiger partial charge in [-0.05, 0) is 61.6 Å². The first kappa shape index (κ1) is 16.7. The van der Waals surface area contributed by atoms with Crippen molar-refractivity contribution in [3.63, 3.8) is 0 Å². The van der Waals surface area contributed by atoms with Crippen LogP contribution in [0.2, 0.25) is 0 Å². The SMILES string of the molecule is O=C(CCc1c[nH]c2ccccc12)Nc1ccc(N2CCCCC2)cc1. The molecule has 1 aromatic heterocycles. The predicted octanol–water partition coefficient (Wildman–Crippen LogP) is 4.73. The fourth-order valence-electron chi connectivity index (χ4n) is 3.72. The normalized spacial score (nSPS) is 14.5. The number of carbonyl (C=O) groups excluding carboxylic acids is 1. The lowest BCUT2D eigenvalue weighted by Crippen LogP contribution is -2.29. The predicted molar refractivity (Wildman–Crippen MR) is 108 cm³/mol. The van der Waals surface area contributed by atoms with Crippen LogP contribution in [0.25, 0.3) is 10.9 Å². The van der Waals surface area contributed by atoms with Crippen molar-refractivity contribution in [2.45, 2.75) is 32.1 Å². The summed E-state index contributed by atoms with van der Waals surface area (Å²) in [6.07, 6.45) is 7.10. The number of para-hydroxylation sites is 1. The molecule has 26 heavy (non-hydrogen) atoms. The number of nitrogens with one attached hydrogen (secondary N) is 2. The van der Waals surface area contributed by atoms with Gasteiger partial charge in [-0.25, -0.2) is 0 Å². The molecule has 0 bridgehead atoms. The van der Waals surface area contributed by atoms with E-state index < -0.39 is 0 Å². The Morgan fingerprint density at radius 3 is 2.58 bits per heavy atom. The quantitative estimate of drug-likeness (QED) is 0.701. The summed E-state index contributed by atoms with van der Waals surface area (Å²) in [5, 5.41) is 4.22. The van der Waals surface area contributed by atoms with Crippen LogP contribution >= 0.6 is 0 Å². The first-order chi connectivity index (χ1) is 12.8. The highest BCUT2D eigenvalue weighted by Gasteiger charge is 2.11. The van der Waals surface area contributed by atoms with E-state index in [4.69, 9.17) is 0 Å². The lowest BCUT2D eigenvalue weighted by atomic mass is 10.1. The number of rotatable bonds is 5. The highest BCUT2D eigenvalue weighted by Crippen LogP contribution is 2.22. The Kier molecular flexibility index (Phi) is 4.91. The van der Waals surface area contributed by atoms with Crippen LogP contribution in [-0.2, 0) is 11.2 Å². The fourth-order valence-corrected chi connectivity index (χ4v) is 3.72. The van der Waals surface area contributed by atoms with Crippen LogP contribution < -0.4 is 10.2 Å². The molecule has 2 aromatic carbocycles. The van der Waals surface area contributed by atoms with E-state index in [0.717, 1.165) is 30.7 Å². The number of carbonyl (C=O) groups is 1. The van der Waals surface area contributed by atoms with E-state index in [1.165, 1.54) is 35.9 Å². The third-order valence-corrected chi connectivity index (χ3v) is 5.17. The topological polar surface area (TPSA) is 48.1 Å². The van der Waals surface area contributed by atoms with Crippen LogP contribution in [-0.4, -0.2) is 24.0 Å². The number of anilines is 2. The first-order valence-corrected chi connectivity index (χ1v) is 9.49. The molecule has 1 aliphatic heterocycles. The molecular formula is C22H25N3O. The maximum atomic E-state index is 12.3. The lowest BCUT2D eigenvalue weighted by Gasteiger charge is -2.28. The van der Waals surface area contributed by atoms with Crippen LogP contribution in [0.5, 0.6) is 0 Å². The van der Waals surface area contributed by atoms with Gasteiger partial charge in [0.2, 0.25) is 5.91 Å². The number of aromatic amines is 1. The number of nitrogens with zero attached hydrogens (tertiary/aromatic N) is 1. The second-order valence-corrected chi connectivity index (χ2v) is 7.00. The molecule has 3 aromatic rings. The van der Waals surface area contributed by atoms with Gasteiger partial charge in [-0.1, -0.05) is 18.2 Å². The van der Waals surface area contributed by atoms with Crippen molar-refractivity contribution in [3.05, 3.63) is 60.3 Å². The Hall–Kier alpha value is -2.75. The summed E-state index contributed by atoms with van der Waals surface area (Å²) < 4.78 is 0. The highest BCUT2D eigenvalue weighted by molar-refractivity contribution is 5.91. The molecule has 0 aliphatic carbocycles. The van der Waals surface area contributed by atoms with Gasteiger partial charge in [0.05, 0.1) is 0 Å². The van der Waals surface area contributed by atoms with E-state index in [0.29, 0.717) is 6.42 Å². The number of fused-ring (bicyclic) bond motifs is 1. The molecule has 0 spiro atoms. The maximum absolute atomic E-state index is 12.3. The van der Waals surface area contributed by atoms with Crippen LogP contribution in [0, 0.1) is 0 Å². The molecule has 0 saturated carbocycles. The van der Waals surface area contributed by atoms with Crippen molar-refractivity contribution in [2.24, 2.45) is 0 Å². The zero-order chi connectivity index (χ0) is 17.8. The second-order valence-electron chi connectivity index (χ2n) is 7.00. The smallest absolute Gasteiger partial charge is 0.224 e.